The SMILES string of the molecule is CC(=Nn1c(-c2ccc(Cl)cc2)csc1=Nc1ccccc1F)c1ccc(-n2ccnc2)cc1. The summed E-state index contributed by atoms with van der Waals surface area (Å²) in [5.41, 5.74) is 4.80. The summed E-state index contributed by atoms with van der Waals surface area (Å²) in [7, 11) is 0. The molecule has 5 aromatic rings. The molecule has 168 valence electrons. The van der Waals surface area contributed by atoms with Crippen molar-refractivity contribution in [2.24, 2.45) is 10.1 Å². The first kappa shape index (κ1) is 22.0. The third-order valence-corrected chi connectivity index (χ3v) is 6.30. The van der Waals surface area contributed by atoms with Crippen molar-refractivity contribution in [1.82, 2.24) is 14.2 Å². The fraction of sp³-hybridized carbons (Fsp3) is 0.0385. The van der Waals surface area contributed by atoms with Gasteiger partial charge in [0.15, 0.2) is 0 Å². The minimum atomic E-state index is -0.383. The zero-order valence-electron chi connectivity index (χ0n) is 18.1. The number of thiazole rings is 1. The Balaban J connectivity index is 1.61. The lowest BCUT2D eigenvalue weighted by Gasteiger charge is -2.08. The predicted octanol–water partition coefficient (Wildman–Crippen LogP) is 6.70. The van der Waals surface area contributed by atoms with Crippen LogP contribution in [-0.2, 0) is 0 Å². The van der Waals surface area contributed by atoms with Crippen molar-refractivity contribution >= 4 is 34.3 Å². The van der Waals surface area contributed by atoms with Gasteiger partial charge in [-0.15, -0.1) is 11.3 Å². The zero-order valence-corrected chi connectivity index (χ0v) is 19.7. The summed E-state index contributed by atoms with van der Waals surface area (Å²) in [5, 5.41) is 7.49. The Bertz CT molecular complexity index is 1510. The van der Waals surface area contributed by atoms with E-state index in [0.717, 1.165) is 28.2 Å². The Morgan fingerprint density at radius 3 is 2.47 bits per heavy atom. The first-order chi connectivity index (χ1) is 16.6. The molecule has 0 unspecified atom stereocenters. The Morgan fingerprint density at radius 2 is 1.76 bits per heavy atom. The molecule has 5 nitrogen and oxygen atoms in total. The first-order valence-electron chi connectivity index (χ1n) is 10.5. The van der Waals surface area contributed by atoms with E-state index in [1.807, 2.05) is 71.6 Å². The van der Waals surface area contributed by atoms with Crippen LogP contribution < -0.4 is 4.80 Å². The number of para-hydroxylation sites is 1. The zero-order chi connectivity index (χ0) is 23.5. The molecule has 8 heteroatoms. The van der Waals surface area contributed by atoms with E-state index in [1.165, 1.54) is 17.4 Å². The maximum atomic E-state index is 14.3. The molecule has 0 aliphatic carbocycles. The van der Waals surface area contributed by atoms with Crippen LogP contribution in [0.25, 0.3) is 16.9 Å². The van der Waals surface area contributed by atoms with Gasteiger partial charge in [0, 0.05) is 34.0 Å². The van der Waals surface area contributed by atoms with Crippen molar-refractivity contribution < 1.29 is 4.39 Å². The standard InChI is InChI=1S/C26H19ClFN5S/c1-18(19-8-12-22(13-9-19)32-15-14-29-17-32)31-33-25(20-6-10-21(27)11-7-20)16-34-26(33)30-24-5-3-2-4-23(24)28/h2-17H,1H3. The van der Waals surface area contributed by atoms with Gasteiger partial charge in [0.25, 0.3) is 0 Å². The summed E-state index contributed by atoms with van der Waals surface area (Å²) in [5.74, 6) is -0.383. The van der Waals surface area contributed by atoms with Gasteiger partial charge < -0.3 is 4.57 Å². The van der Waals surface area contributed by atoms with Gasteiger partial charge in [0.1, 0.15) is 11.5 Å². The molecule has 34 heavy (non-hydrogen) atoms. The molecule has 0 aliphatic heterocycles. The van der Waals surface area contributed by atoms with Crippen molar-refractivity contribution in [2.75, 3.05) is 0 Å². The molecule has 0 saturated carbocycles. The molecule has 0 radical (unpaired) electrons. The number of rotatable bonds is 5. The minimum absolute atomic E-state index is 0.262. The summed E-state index contributed by atoms with van der Waals surface area (Å²) >= 11 is 7.48. The molecule has 0 fully saturated rings. The molecule has 2 heterocycles. The van der Waals surface area contributed by atoms with Gasteiger partial charge in [0.2, 0.25) is 4.80 Å². The Hall–Kier alpha value is -3.81. The monoisotopic (exact) mass is 487 g/mol. The van der Waals surface area contributed by atoms with E-state index in [4.69, 9.17) is 16.7 Å². The van der Waals surface area contributed by atoms with Crippen molar-refractivity contribution in [1.29, 1.82) is 0 Å². The topological polar surface area (TPSA) is 47.5 Å². The highest BCUT2D eigenvalue weighted by molar-refractivity contribution is 7.07. The number of benzene rings is 3. The highest BCUT2D eigenvalue weighted by Gasteiger charge is 2.10. The van der Waals surface area contributed by atoms with E-state index in [-0.39, 0.29) is 11.5 Å². The Morgan fingerprint density at radius 1 is 1.00 bits per heavy atom. The molecule has 0 aliphatic rings. The Kier molecular flexibility index (Phi) is 6.20. The largest absolute Gasteiger partial charge is 0.306 e. The van der Waals surface area contributed by atoms with Crippen LogP contribution in [0.3, 0.4) is 0 Å². The van der Waals surface area contributed by atoms with Crippen LogP contribution in [0.15, 0.2) is 107 Å². The van der Waals surface area contributed by atoms with E-state index in [9.17, 15) is 4.39 Å². The lowest BCUT2D eigenvalue weighted by Crippen LogP contribution is -2.14. The lowest BCUT2D eigenvalue weighted by molar-refractivity contribution is 0.628. The number of hydrogen-bond donors (Lipinski definition) is 0. The molecule has 3 aromatic carbocycles. The van der Waals surface area contributed by atoms with Gasteiger partial charge in [-0.3, -0.25) is 0 Å². The summed E-state index contributed by atoms with van der Waals surface area (Å²) < 4.78 is 18.0. The number of hydrogen-bond acceptors (Lipinski definition) is 4. The van der Waals surface area contributed by atoms with Crippen LogP contribution >= 0.6 is 22.9 Å². The normalized spacial score (nSPS) is 12.3. The van der Waals surface area contributed by atoms with Gasteiger partial charge in [-0.2, -0.15) is 5.10 Å². The number of halogens is 2. The smallest absolute Gasteiger partial charge is 0.211 e. The van der Waals surface area contributed by atoms with E-state index < -0.39 is 0 Å². The Labute approximate surface area is 204 Å². The first-order valence-corrected chi connectivity index (χ1v) is 11.7. The second-order valence-corrected chi connectivity index (χ2v) is 8.76. The quantitative estimate of drug-likeness (QED) is 0.254. The van der Waals surface area contributed by atoms with Crippen LogP contribution in [-0.4, -0.2) is 19.9 Å². The number of aromatic nitrogens is 3. The maximum absolute atomic E-state index is 14.3. The average molecular weight is 488 g/mol. The second kappa shape index (κ2) is 9.59. The molecule has 0 spiro atoms. The van der Waals surface area contributed by atoms with E-state index >= 15 is 0 Å². The minimum Gasteiger partial charge on any atom is -0.306 e. The molecule has 0 bridgehead atoms. The van der Waals surface area contributed by atoms with Crippen LogP contribution in [0, 0.1) is 5.82 Å². The summed E-state index contributed by atoms with van der Waals surface area (Å²) in [6, 6.07) is 22.0. The molecule has 0 N–H and O–H groups in total. The molecule has 2 aromatic heterocycles. The van der Waals surface area contributed by atoms with E-state index in [1.54, 1.807) is 35.4 Å². The van der Waals surface area contributed by atoms with Gasteiger partial charge >= 0.3 is 0 Å². The third kappa shape index (κ3) is 4.62. The maximum Gasteiger partial charge on any atom is 0.211 e. The van der Waals surface area contributed by atoms with E-state index in [0.29, 0.717) is 9.82 Å². The molecule has 0 atom stereocenters. The molecule has 5 rings (SSSR count). The molecular weight excluding hydrogens is 469 g/mol. The molecule has 0 amide bonds. The van der Waals surface area contributed by atoms with Crippen LogP contribution in [0.1, 0.15) is 12.5 Å². The van der Waals surface area contributed by atoms with Gasteiger partial charge in [-0.05, 0) is 48.9 Å². The van der Waals surface area contributed by atoms with Crippen LogP contribution in [0.4, 0.5) is 10.1 Å². The predicted molar refractivity (Wildman–Crippen MR) is 136 cm³/mol. The van der Waals surface area contributed by atoms with Crippen molar-refractivity contribution in [3.63, 3.8) is 0 Å². The van der Waals surface area contributed by atoms with Crippen LogP contribution in [0.2, 0.25) is 5.02 Å². The highest BCUT2D eigenvalue weighted by atomic mass is 35.5. The summed E-state index contributed by atoms with van der Waals surface area (Å²) in [6.45, 7) is 1.94. The molecular formula is C26H19ClFN5S. The van der Waals surface area contributed by atoms with Crippen LogP contribution in [0.5, 0.6) is 0 Å². The van der Waals surface area contributed by atoms with Crippen molar-refractivity contribution in [3.05, 3.63) is 118 Å². The summed E-state index contributed by atoms with van der Waals surface area (Å²) in [4.78, 5) is 9.21. The lowest BCUT2D eigenvalue weighted by atomic mass is 10.1. The fourth-order valence-corrected chi connectivity index (χ4v) is 4.40. The number of nitrogens with zero attached hydrogens (tertiary/aromatic N) is 5. The fourth-order valence-electron chi connectivity index (χ4n) is 3.43. The van der Waals surface area contributed by atoms with Crippen molar-refractivity contribution in [3.8, 4) is 16.9 Å². The third-order valence-electron chi connectivity index (χ3n) is 5.23. The van der Waals surface area contributed by atoms with Gasteiger partial charge in [-0.25, -0.2) is 19.0 Å². The average Bonchev–Trinajstić information content (AvgIpc) is 3.52. The second-order valence-electron chi connectivity index (χ2n) is 7.49. The van der Waals surface area contributed by atoms with Gasteiger partial charge in [-0.1, -0.05) is 48.0 Å². The van der Waals surface area contributed by atoms with Crippen molar-refractivity contribution in [2.45, 2.75) is 6.92 Å². The number of imidazole rings is 1. The molecule has 0 saturated heterocycles. The van der Waals surface area contributed by atoms with E-state index in [2.05, 4.69) is 9.98 Å². The van der Waals surface area contributed by atoms with Gasteiger partial charge in [0.05, 0.1) is 17.7 Å². The highest BCUT2D eigenvalue weighted by Crippen LogP contribution is 2.24. The summed E-state index contributed by atoms with van der Waals surface area (Å²) in [6.07, 6.45) is 5.39.